The van der Waals surface area contributed by atoms with E-state index in [4.69, 9.17) is 4.74 Å². The van der Waals surface area contributed by atoms with Crippen molar-refractivity contribution in [3.05, 3.63) is 54.4 Å². The van der Waals surface area contributed by atoms with E-state index in [0.717, 1.165) is 22.3 Å². The molecule has 21 heavy (non-hydrogen) atoms. The maximum atomic E-state index is 11.9. The van der Waals surface area contributed by atoms with Crippen LogP contribution in [-0.4, -0.2) is 22.5 Å². The number of ether oxygens (including phenoxy) is 1. The van der Waals surface area contributed by atoms with E-state index in [9.17, 15) is 4.79 Å². The van der Waals surface area contributed by atoms with E-state index in [-0.39, 0.29) is 12.5 Å². The molecule has 2 N–H and O–H groups in total. The molecule has 0 radical (unpaired) electrons. The minimum atomic E-state index is -0.197. The summed E-state index contributed by atoms with van der Waals surface area (Å²) < 4.78 is 5.51. The van der Waals surface area contributed by atoms with Crippen molar-refractivity contribution in [1.29, 1.82) is 0 Å². The summed E-state index contributed by atoms with van der Waals surface area (Å²) in [5, 5.41) is 2.80. The molecule has 0 saturated carbocycles. The van der Waals surface area contributed by atoms with Crippen molar-refractivity contribution in [3.8, 4) is 5.75 Å². The van der Waals surface area contributed by atoms with Crippen LogP contribution in [0.2, 0.25) is 0 Å². The zero-order chi connectivity index (χ0) is 14.7. The monoisotopic (exact) mass is 281 g/mol. The normalized spacial score (nSPS) is 10.5. The molecule has 0 bridgehead atoms. The number of aryl methyl sites for hydroxylation is 1. The fourth-order valence-corrected chi connectivity index (χ4v) is 2.07. The van der Waals surface area contributed by atoms with Crippen LogP contribution in [0.1, 0.15) is 5.56 Å². The van der Waals surface area contributed by atoms with Gasteiger partial charge in [-0.25, -0.2) is 4.98 Å². The molecule has 3 rings (SSSR count). The van der Waals surface area contributed by atoms with E-state index < -0.39 is 0 Å². The Hall–Kier alpha value is -2.82. The Labute approximate surface area is 122 Å². The second-order valence-electron chi connectivity index (χ2n) is 4.74. The van der Waals surface area contributed by atoms with Crippen molar-refractivity contribution in [1.82, 2.24) is 9.97 Å². The van der Waals surface area contributed by atoms with Crippen LogP contribution in [0.4, 0.5) is 5.69 Å². The summed E-state index contributed by atoms with van der Waals surface area (Å²) in [7, 11) is 0. The van der Waals surface area contributed by atoms with Crippen molar-refractivity contribution < 1.29 is 9.53 Å². The van der Waals surface area contributed by atoms with Gasteiger partial charge in [-0.2, -0.15) is 0 Å². The highest BCUT2D eigenvalue weighted by atomic mass is 16.5. The molecule has 5 heteroatoms. The van der Waals surface area contributed by atoms with Gasteiger partial charge in [-0.15, -0.1) is 0 Å². The Bertz CT molecular complexity index is 780. The highest BCUT2D eigenvalue weighted by molar-refractivity contribution is 5.93. The summed E-state index contributed by atoms with van der Waals surface area (Å²) in [6.45, 7) is 1.92. The molecule has 0 atom stereocenters. The van der Waals surface area contributed by atoms with Gasteiger partial charge in [0.05, 0.1) is 17.4 Å². The summed E-state index contributed by atoms with van der Waals surface area (Å²) in [6, 6.07) is 13.1. The summed E-state index contributed by atoms with van der Waals surface area (Å²) in [4.78, 5) is 19.0. The second-order valence-corrected chi connectivity index (χ2v) is 4.74. The smallest absolute Gasteiger partial charge is 0.262 e. The summed E-state index contributed by atoms with van der Waals surface area (Å²) >= 11 is 0. The number of aromatic nitrogens is 2. The molecular weight excluding hydrogens is 266 g/mol. The van der Waals surface area contributed by atoms with Gasteiger partial charge in [-0.05, 0) is 36.8 Å². The van der Waals surface area contributed by atoms with Gasteiger partial charge < -0.3 is 15.0 Å². The first kappa shape index (κ1) is 13.2. The fourth-order valence-electron chi connectivity index (χ4n) is 2.07. The van der Waals surface area contributed by atoms with Crippen LogP contribution in [0.15, 0.2) is 48.8 Å². The topological polar surface area (TPSA) is 67.0 Å². The van der Waals surface area contributed by atoms with E-state index in [1.165, 1.54) is 0 Å². The lowest BCUT2D eigenvalue weighted by Crippen LogP contribution is -2.20. The van der Waals surface area contributed by atoms with Crippen molar-refractivity contribution in [2.75, 3.05) is 11.9 Å². The lowest BCUT2D eigenvalue weighted by atomic mass is 10.2. The molecule has 0 aliphatic heterocycles. The number of rotatable bonds is 4. The van der Waals surface area contributed by atoms with E-state index in [2.05, 4.69) is 15.3 Å². The number of hydrogen-bond donors (Lipinski definition) is 2. The Morgan fingerprint density at radius 1 is 1.29 bits per heavy atom. The lowest BCUT2D eigenvalue weighted by molar-refractivity contribution is -0.118. The number of fused-ring (bicyclic) bond motifs is 1. The first-order chi connectivity index (χ1) is 10.2. The highest BCUT2D eigenvalue weighted by Gasteiger charge is 2.06. The SMILES string of the molecule is Cc1ccccc1OCC(=O)Nc1ccc2nc[nH]c2c1. The first-order valence-electron chi connectivity index (χ1n) is 6.64. The van der Waals surface area contributed by atoms with Crippen LogP contribution in [0.5, 0.6) is 5.75 Å². The molecule has 0 aliphatic rings. The van der Waals surface area contributed by atoms with Crippen molar-refractivity contribution >= 4 is 22.6 Å². The molecule has 0 aliphatic carbocycles. The van der Waals surface area contributed by atoms with Crippen LogP contribution in [0.3, 0.4) is 0 Å². The number of nitrogens with one attached hydrogen (secondary N) is 2. The summed E-state index contributed by atoms with van der Waals surface area (Å²) in [5.41, 5.74) is 3.46. The molecule has 106 valence electrons. The number of H-pyrrole nitrogens is 1. The second kappa shape index (κ2) is 5.66. The van der Waals surface area contributed by atoms with E-state index >= 15 is 0 Å². The van der Waals surface area contributed by atoms with Crippen LogP contribution in [-0.2, 0) is 4.79 Å². The first-order valence-corrected chi connectivity index (χ1v) is 6.64. The standard InChI is InChI=1S/C16H15N3O2/c1-11-4-2-3-5-15(11)21-9-16(20)19-12-6-7-13-14(8-12)18-10-17-13/h2-8,10H,9H2,1H3,(H,17,18)(H,19,20). The molecule has 0 spiro atoms. The molecule has 1 aromatic heterocycles. The minimum absolute atomic E-state index is 0.0220. The highest BCUT2D eigenvalue weighted by Crippen LogP contribution is 2.17. The molecule has 3 aromatic rings. The van der Waals surface area contributed by atoms with Crippen LogP contribution < -0.4 is 10.1 Å². The van der Waals surface area contributed by atoms with E-state index in [1.807, 2.05) is 49.4 Å². The molecule has 0 unspecified atom stereocenters. The average molecular weight is 281 g/mol. The number of para-hydroxylation sites is 1. The quantitative estimate of drug-likeness (QED) is 0.772. The third-order valence-electron chi connectivity index (χ3n) is 3.16. The Morgan fingerprint density at radius 2 is 2.14 bits per heavy atom. The Kier molecular flexibility index (Phi) is 3.55. The van der Waals surface area contributed by atoms with E-state index in [1.54, 1.807) is 6.33 Å². The van der Waals surface area contributed by atoms with Crippen LogP contribution in [0.25, 0.3) is 11.0 Å². The maximum absolute atomic E-state index is 11.9. The maximum Gasteiger partial charge on any atom is 0.262 e. The summed E-state index contributed by atoms with van der Waals surface area (Å²) in [6.07, 6.45) is 1.62. The van der Waals surface area contributed by atoms with Gasteiger partial charge >= 0.3 is 0 Å². The molecule has 2 aromatic carbocycles. The molecule has 5 nitrogen and oxygen atoms in total. The summed E-state index contributed by atoms with van der Waals surface area (Å²) in [5.74, 6) is 0.522. The van der Waals surface area contributed by atoms with E-state index in [0.29, 0.717) is 5.69 Å². The number of hydrogen-bond acceptors (Lipinski definition) is 3. The Morgan fingerprint density at radius 3 is 3.00 bits per heavy atom. The number of benzene rings is 2. The van der Waals surface area contributed by atoms with Gasteiger partial charge in [0.2, 0.25) is 0 Å². The van der Waals surface area contributed by atoms with Crippen LogP contribution in [0, 0.1) is 6.92 Å². The van der Waals surface area contributed by atoms with Crippen molar-refractivity contribution in [2.45, 2.75) is 6.92 Å². The lowest BCUT2D eigenvalue weighted by Gasteiger charge is -2.09. The number of amides is 1. The predicted octanol–water partition coefficient (Wildman–Crippen LogP) is 2.89. The largest absolute Gasteiger partial charge is 0.483 e. The number of anilines is 1. The van der Waals surface area contributed by atoms with Gasteiger partial charge in [-0.1, -0.05) is 18.2 Å². The molecule has 0 saturated heterocycles. The molecule has 0 fully saturated rings. The Balaban J connectivity index is 1.62. The fraction of sp³-hybridized carbons (Fsp3) is 0.125. The minimum Gasteiger partial charge on any atom is -0.483 e. The number of aromatic amines is 1. The molecule has 1 amide bonds. The van der Waals surface area contributed by atoms with Gasteiger partial charge in [0.15, 0.2) is 6.61 Å². The zero-order valence-electron chi connectivity index (χ0n) is 11.6. The van der Waals surface area contributed by atoms with Crippen LogP contribution >= 0.6 is 0 Å². The van der Waals surface area contributed by atoms with Gasteiger partial charge in [0.25, 0.3) is 5.91 Å². The predicted molar refractivity (Wildman–Crippen MR) is 81.4 cm³/mol. The van der Waals surface area contributed by atoms with Gasteiger partial charge in [-0.3, -0.25) is 4.79 Å². The van der Waals surface area contributed by atoms with Crippen molar-refractivity contribution in [3.63, 3.8) is 0 Å². The van der Waals surface area contributed by atoms with Gasteiger partial charge in [0.1, 0.15) is 5.75 Å². The molecular formula is C16H15N3O2. The number of imidazole rings is 1. The number of nitrogens with zero attached hydrogens (tertiary/aromatic N) is 1. The number of carbonyl (C=O) groups excluding carboxylic acids is 1. The number of carbonyl (C=O) groups is 1. The van der Waals surface area contributed by atoms with Gasteiger partial charge in [0, 0.05) is 5.69 Å². The third-order valence-corrected chi connectivity index (χ3v) is 3.16. The zero-order valence-corrected chi connectivity index (χ0v) is 11.6. The third kappa shape index (κ3) is 3.02. The molecule has 1 heterocycles. The van der Waals surface area contributed by atoms with Crippen molar-refractivity contribution in [2.24, 2.45) is 0 Å². The average Bonchev–Trinajstić information content (AvgIpc) is 2.94.